The van der Waals surface area contributed by atoms with Crippen molar-refractivity contribution in [2.45, 2.75) is 66.0 Å². The fourth-order valence-electron chi connectivity index (χ4n) is 3.74. The van der Waals surface area contributed by atoms with Crippen LogP contribution in [0, 0.1) is 16.7 Å². The SMILES string of the molecule is CCCC1(CCC)CC1(C(C)C)C(F)(F)F. The highest BCUT2D eigenvalue weighted by atomic mass is 19.4. The molecular weight excluding hydrogens is 213 g/mol. The van der Waals surface area contributed by atoms with Gasteiger partial charge in [0, 0.05) is 0 Å². The summed E-state index contributed by atoms with van der Waals surface area (Å²) in [7, 11) is 0. The Balaban J connectivity index is 3.00. The molecule has 1 fully saturated rings. The molecule has 1 aliphatic carbocycles. The summed E-state index contributed by atoms with van der Waals surface area (Å²) in [5.41, 5.74) is -1.85. The van der Waals surface area contributed by atoms with Crippen LogP contribution in [0.4, 0.5) is 13.2 Å². The van der Waals surface area contributed by atoms with Crippen molar-refractivity contribution in [3.05, 3.63) is 0 Å². The molecule has 1 saturated carbocycles. The van der Waals surface area contributed by atoms with Crippen molar-refractivity contribution < 1.29 is 13.2 Å². The van der Waals surface area contributed by atoms with Gasteiger partial charge in [0.15, 0.2) is 0 Å². The standard InChI is InChI=1S/C13H23F3/c1-5-7-11(8-6-2)9-12(11,10(3)4)13(14,15)16/h10H,5-9H2,1-4H3. The lowest BCUT2D eigenvalue weighted by atomic mass is 9.78. The molecule has 16 heavy (non-hydrogen) atoms. The molecule has 1 atom stereocenters. The number of hydrogen-bond acceptors (Lipinski definition) is 0. The molecule has 96 valence electrons. The van der Waals surface area contributed by atoms with Gasteiger partial charge >= 0.3 is 6.18 Å². The van der Waals surface area contributed by atoms with Crippen LogP contribution in [0.1, 0.15) is 59.8 Å². The van der Waals surface area contributed by atoms with Crippen LogP contribution in [0.2, 0.25) is 0 Å². The van der Waals surface area contributed by atoms with Crippen LogP contribution >= 0.6 is 0 Å². The quantitative estimate of drug-likeness (QED) is 0.617. The lowest BCUT2D eigenvalue weighted by molar-refractivity contribution is -0.213. The van der Waals surface area contributed by atoms with Crippen molar-refractivity contribution in [3.8, 4) is 0 Å². The Labute approximate surface area is 96.6 Å². The molecule has 0 amide bonds. The maximum absolute atomic E-state index is 13.3. The third-order valence-electron chi connectivity index (χ3n) is 4.39. The van der Waals surface area contributed by atoms with Crippen LogP contribution in [0.5, 0.6) is 0 Å². The Kier molecular flexibility index (Phi) is 3.66. The van der Waals surface area contributed by atoms with E-state index in [2.05, 4.69) is 0 Å². The minimum absolute atomic E-state index is 0.300. The van der Waals surface area contributed by atoms with E-state index in [1.807, 2.05) is 13.8 Å². The van der Waals surface area contributed by atoms with Gasteiger partial charge in [-0.1, -0.05) is 40.5 Å². The fourth-order valence-corrected chi connectivity index (χ4v) is 3.74. The number of hydrogen-bond donors (Lipinski definition) is 0. The van der Waals surface area contributed by atoms with Crippen LogP contribution in [0.3, 0.4) is 0 Å². The maximum atomic E-state index is 13.3. The summed E-state index contributed by atoms with van der Waals surface area (Å²) in [6.45, 7) is 7.41. The molecule has 0 saturated heterocycles. The van der Waals surface area contributed by atoms with Crippen molar-refractivity contribution in [2.24, 2.45) is 16.7 Å². The van der Waals surface area contributed by atoms with Crippen molar-refractivity contribution in [1.82, 2.24) is 0 Å². The number of halogens is 3. The van der Waals surface area contributed by atoms with Gasteiger partial charge in [-0.15, -0.1) is 0 Å². The molecule has 0 aliphatic heterocycles. The maximum Gasteiger partial charge on any atom is 0.395 e. The monoisotopic (exact) mass is 236 g/mol. The van der Waals surface area contributed by atoms with E-state index in [1.165, 1.54) is 0 Å². The van der Waals surface area contributed by atoms with Crippen molar-refractivity contribution in [1.29, 1.82) is 0 Å². The van der Waals surface area contributed by atoms with Gasteiger partial charge in [0.05, 0.1) is 5.41 Å². The number of alkyl halides is 3. The second kappa shape index (κ2) is 4.23. The third kappa shape index (κ3) is 1.76. The molecular formula is C13H23F3. The lowest BCUT2D eigenvalue weighted by Gasteiger charge is -2.31. The summed E-state index contributed by atoms with van der Waals surface area (Å²) in [5, 5.41) is 0. The van der Waals surface area contributed by atoms with E-state index < -0.39 is 17.0 Å². The van der Waals surface area contributed by atoms with E-state index in [0.29, 0.717) is 6.42 Å². The van der Waals surface area contributed by atoms with E-state index >= 15 is 0 Å². The van der Waals surface area contributed by atoms with E-state index in [-0.39, 0.29) is 5.92 Å². The fraction of sp³-hybridized carbons (Fsp3) is 1.00. The van der Waals surface area contributed by atoms with Crippen LogP contribution < -0.4 is 0 Å². The average molecular weight is 236 g/mol. The van der Waals surface area contributed by atoms with Gasteiger partial charge in [-0.2, -0.15) is 13.2 Å². The van der Waals surface area contributed by atoms with E-state index in [4.69, 9.17) is 0 Å². The van der Waals surface area contributed by atoms with Gasteiger partial charge in [-0.25, -0.2) is 0 Å². The highest BCUT2D eigenvalue weighted by Gasteiger charge is 2.78. The van der Waals surface area contributed by atoms with E-state index in [0.717, 1.165) is 25.7 Å². The first-order valence-corrected chi connectivity index (χ1v) is 6.34. The summed E-state index contributed by atoms with van der Waals surface area (Å²) in [4.78, 5) is 0. The minimum Gasteiger partial charge on any atom is -0.170 e. The Morgan fingerprint density at radius 1 is 1.06 bits per heavy atom. The Morgan fingerprint density at radius 3 is 1.69 bits per heavy atom. The molecule has 0 nitrogen and oxygen atoms in total. The molecule has 0 aromatic rings. The Bertz CT molecular complexity index is 236. The Hall–Kier alpha value is -0.210. The molecule has 0 N–H and O–H groups in total. The third-order valence-corrected chi connectivity index (χ3v) is 4.39. The lowest BCUT2D eigenvalue weighted by Crippen LogP contribution is -2.35. The molecule has 1 rings (SSSR count). The van der Waals surface area contributed by atoms with Crippen LogP contribution in [-0.4, -0.2) is 6.18 Å². The zero-order valence-electron chi connectivity index (χ0n) is 10.7. The summed E-state index contributed by atoms with van der Waals surface area (Å²) in [5.74, 6) is -0.300. The Morgan fingerprint density at radius 2 is 1.50 bits per heavy atom. The average Bonchev–Trinajstić information content (AvgIpc) is 2.75. The second-order valence-electron chi connectivity index (χ2n) is 5.58. The molecule has 3 heteroatoms. The minimum atomic E-state index is -4.04. The smallest absolute Gasteiger partial charge is 0.170 e. The largest absolute Gasteiger partial charge is 0.395 e. The van der Waals surface area contributed by atoms with Gasteiger partial charge in [0.1, 0.15) is 0 Å². The molecule has 0 radical (unpaired) electrons. The predicted molar refractivity (Wildman–Crippen MR) is 60.2 cm³/mol. The summed E-state index contributed by atoms with van der Waals surface area (Å²) >= 11 is 0. The topological polar surface area (TPSA) is 0 Å². The van der Waals surface area contributed by atoms with Gasteiger partial charge < -0.3 is 0 Å². The second-order valence-corrected chi connectivity index (χ2v) is 5.58. The molecule has 1 unspecified atom stereocenters. The number of rotatable bonds is 5. The molecule has 0 bridgehead atoms. The van der Waals surface area contributed by atoms with Crippen molar-refractivity contribution >= 4 is 0 Å². The van der Waals surface area contributed by atoms with Crippen molar-refractivity contribution in [3.63, 3.8) is 0 Å². The van der Waals surface area contributed by atoms with Crippen LogP contribution in [0.15, 0.2) is 0 Å². The highest BCUT2D eigenvalue weighted by Crippen LogP contribution is 2.77. The van der Waals surface area contributed by atoms with Gasteiger partial charge in [-0.3, -0.25) is 0 Å². The molecule has 0 aromatic carbocycles. The first-order valence-electron chi connectivity index (χ1n) is 6.34. The zero-order valence-corrected chi connectivity index (χ0v) is 10.7. The predicted octanol–water partition coefficient (Wildman–Crippen LogP) is 5.18. The molecule has 0 aromatic heterocycles. The van der Waals surface area contributed by atoms with Gasteiger partial charge in [0.25, 0.3) is 0 Å². The normalized spacial score (nSPS) is 28.5. The summed E-state index contributed by atoms with van der Waals surface area (Å²) in [6.07, 6.45) is -0.541. The van der Waals surface area contributed by atoms with Crippen LogP contribution in [0.25, 0.3) is 0 Å². The molecule has 0 spiro atoms. The van der Waals surface area contributed by atoms with Gasteiger partial charge in [-0.05, 0) is 30.6 Å². The molecule has 1 aliphatic rings. The van der Waals surface area contributed by atoms with Gasteiger partial charge in [0.2, 0.25) is 0 Å². The summed E-state index contributed by atoms with van der Waals surface area (Å²) in [6, 6.07) is 0. The summed E-state index contributed by atoms with van der Waals surface area (Å²) < 4.78 is 39.9. The highest BCUT2D eigenvalue weighted by molar-refractivity contribution is 5.18. The zero-order chi connectivity index (χ0) is 12.6. The van der Waals surface area contributed by atoms with E-state index in [9.17, 15) is 13.2 Å². The van der Waals surface area contributed by atoms with E-state index in [1.54, 1.807) is 13.8 Å². The van der Waals surface area contributed by atoms with Crippen LogP contribution in [-0.2, 0) is 0 Å². The molecule has 0 heterocycles. The van der Waals surface area contributed by atoms with Crippen molar-refractivity contribution in [2.75, 3.05) is 0 Å². The first-order chi connectivity index (χ1) is 7.27. The first kappa shape index (κ1) is 13.9.